The summed E-state index contributed by atoms with van der Waals surface area (Å²) in [4.78, 5) is 19.8. The fourth-order valence-electron chi connectivity index (χ4n) is 4.04. The normalized spacial score (nSPS) is 13.6. The lowest BCUT2D eigenvalue weighted by atomic mass is 10.00. The monoisotopic (exact) mass is 385 g/mol. The van der Waals surface area contributed by atoms with Gasteiger partial charge >= 0.3 is 5.69 Å². The molecule has 0 amide bonds. The molecule has 0 bridgehead atoms. The van der Waals surface area contributed by atoms with Crippen LogP contribution >= 0.6 is 0 Å². The van der Waals surface area contributed by atoms with Crippen molar-refractivity contribution in [2.24, 2.45) is 0 Å². The molecule has 6 nitrogen and oxygen atoms in total. The number of rotatable bonds is 4. The fourth-order valence-corrected chi connectivity index (χ4v) is 4.04. The van der Waals surface area contributed by atoms with Crippen molar-refractivity contribution in [2.75, 3.05) is 11.4 Å². The van der Waals surface area contributed by atoms with E-state index in [1.54, 1.807) is 4.40 Å². The van der Waals surface area contributed by atoms with E-state index in [1.807, 2.05) is 31.2 Å². The Morgan fingerprint density at radius 3 is 2.59 bits per heavy atom. The van der Waals surface area contributed by atoms with E-state index in [0.717, 1.165) is 37.4 Å². The van der Waals surface area contributed by atoms with Gasteiger partial charge in [0.15, 0.2) is 0 Å². The van der Waals surface area contributed by atoms with E-state index in [-0.39, 0.29) is 5.69 Å². The number of anilines is 1. The summed E-state index contributed by atoms with van der Waals surface area (Å²) in [5, 5.41) is 4.52. The van der Waals surface area contributed by atoms with E-state index in [1.165, 1.54) is 21.4 Å². The first-order valence-electron chi connectivity index (χ1n) is 10.0. The fraction of sp³-hybridized carbons (Fsp3) is 0.261. The second-order valence-corrected chi connectivity index (χ2v) is 7.57. The quantitative estimate of drug-likeness (QED) is 0.542. The number of benzene rings is 2. The average Bonchev–Trinajstić information content (AvgIpc) is 3.08. The van der Waals surface area contributed by atoms with Crippen LogP contribution in [0.3, 0.4) is 0 Å². The van der Waals surface area contributed by atoms with Gasteiger partial charge in [0.1, 0.15) is 5.82 Å². The summed E-state index contributed by atoms with van der Waals surface area (Å²) < 4.78 is 3.13. The summed E-state index contributed by atoms with van der Waals surface area (Å²) >= 11 is 0. The average molecular weight is 385 g/mol. The van der Waals surface area contributed by atoms with Crippen molar-refractivity contribution in [3.8, 4) is 0 Å². The Morgan fingerprint density at radius 2 is 1.76 bits per heavy atom. The van der Waals surface area contributed by atoms with Gasteiger partial charge in [-0.15, -0.1) is 5.10 Å². The van der Waals surface area contributed by atoms with Crippen LogP contribution in [0.15, 0.2) is 65.5 Å². The molecule has 0 N–H and O–H groups in total. The Bertz CT molecular complexity index is 1230. The lowest BCUT2D eigenvalue weighted by Gasteiger charge is -2.29. The smallest absolute Gasteiger partial charge is 0.351 e. The summed E-state index contributed by atoms with van der Waals surface area (Å²) in [7, 11) is 0. The van der Waals surface area contributed by atoms with Crippen molar-refractivity contribution in [3.05, 3.63) is 93.5 Å². The minimum atomic E-state index is -0.128. The molecule has 0 fully saturated rings. The van der Waals surface area contributed by atoms with Crippen molar-refractivity contribution in [3.63, 3.8) is 0 Å². The maximum atomic E-state index is 12.8. The largest absolute Gasteiger partial charge is 0.352 e. The molecule has 29 heavy (non-hydrogen) atoms. The molecule has 0 unspecified atom stereocenters. The lowest BCUT2D eigenvalue weighted by molar-refractivity contribution is 0.591. The molecular formula is C23H23N5O. The standard InChI is InChI=1S/C23H23N5O/c1-17-15-21(26-13-12-19-9-5-6-10-20(19)16-26)24-22-25-27(23(29)28(17)22)14-11-18-7-3-2-4-8-18/h2-10,15H,11-14,16H2,1H3. The molecule has 1 aliphatic heterocycles. The van der Waals surface area contributed by atoms with E-state index >= 15 is 0 Å². The third-order valence-electron chi connectivity index (χ3n) is 5.64. The lowest BCUT2D eigenvalue weighted by Crippen LogP contribution is -2.31. The van der Waals surface area contributed by atoms with Gasteiger partial charge in [-0.2, -0.15) is 4.98 Å². The van der Waals surface area contributed by atoms with Gasteiger partial charge in [0.2, 0.25) is 0 Å². The van der Waals surface area contributed by atoms with Gasteiger partial charge in [0, 0.05) is 24.8 Å². The summed E-state index contributed by atoms with van der Waals surface area (Å²) in [6.07, 6.45) is 1.76. The van der Waals surface area contributed by atoms with E-state index in [2.05, 4.69) is 46.4 Å². The highest BCUT2D eigenvalue weighted by Crippen LogP contribution is 2.23. The Morgan fingerprint density at radius 1 is 1.00 bits per heavy atom. The van der Waals surface area contributed by atoms with Crippen LogP contribution in [-0.2, 0) is 25.9 Å². The van der Waals surface area contributed by atoms with Gasteiger partial charge in [0.25, 0.3) is 5.78 Å². The van der Waals surface area contributed by atoms with Crippen molar-refractivity contribution in [2.45, 2.75) is 32.9 Å². The van der Waals surface area contributed by atoms with E-state index in [0.29, 0.717) is 12.3 Å². The number of fused-ring (bicyclic) bond motifs is 2. The van der Waals surface area contributed by atoms with Crippen molar-refractivity contribution in [1.29, 1.82) is 0 Å². The van der Waals surface area contributed by atoms with Crippen LogP contribution in [-0.4, -0.2) is 25.7 Å². The summed E-state index contributed by atoms with van der Waals surface area (Å²) in [5.41, 5.74) is 4.66. The molecule has 6 heteroatoms. The number of aryl methyl sites for hydroxylation is 3. The molecule has 5 rings (SSSR count). The molecule has 0 spiro atoms. The number of nitrogens with zero attached hydrogens (tertiary/aromatic N) is 5. The Kier molecular flexibility index (Phi) is 4.39. The first kappa shape index (κ1) is 17.7. The first-order chi connectivity index (χ1) is 14.2. The van der Waals surface area contributed by atoms with E-state index in [4.69, 9.17) is 4.98 Å². The topological polar surface area (TPSA) is 55.4 Å². The maximum absolute atomic E-state index is 12.8. The predicted octanol–water partition coefficient (Wildman–Crippen LogP) is 3.00. The van der Waals surface area contributed by atoms with Gasteiger partial charge in [-0.25, -0.2) is 13.9 Å². The summed E-state index contributed by atoms with van der Waals surface area (Å²) in [6.45, 7) is 4.23. The first-order valence-corrected chi connectivity index (χ1v) is 10.0. The van der Waals surface area contributed by atoms with Gasteiger partial charge in [-0.3, -0.25) is 0 Å². The van der Waals surface area contributed by atoms with Crippen LogP contribution in [0, 0.1) is 6.92 Å². The molecule has 3 heterocycles. The maximum Gasteiger partial charge on any atom is 0.351 e. The molecular weight excluding hydrogens is 362 g/mol. The molecule has 2 aromatic heterocycles. The van der Waals surface area contributed by atoms with E-state index in [9.17, 15) is 4.79 Å². The van der Waals surface area contributed by atoms with Crippen LogP contribution in [0.5, 0.6) is 0 Å². The zero-order chi connectivity index (χ0) is 19.8. The highest BCUT2D eigenvalue weighted by molar-refractivity contribution is 5.49. The number of aromatic nitrogens is 4. The van der Waals surface area contributed by atoms with Crippen molar-refractivity contribution >= 4 is 11.6 Å². The molecule has 0 radical (unpaired) electrons. The molecule has 0 saturated heterocycles. The number of hydrogen-bond acceptors (Lipinski definition) is 4. The second-order valence-electron chi connectivity index (χ2n) is 7.57. The minimum Gasteiger partial charge on any atom is -0.352 e. The third-order valence-corrected chi connectivity index (χ3v) is 5.64. The zero-order valence-electron chi connectivity index (χ0n) is 16.5. The SMILES string of the molecule is Cc1cc(N2CCc3ccccc3C2)nc2nn(CCc3ccccc3)c(=O)n12. The molecule has 0 atom stereocenters. The molecule has 146 valence electrons. The third kappa shape index (κ3) is 3.31. The molecule has 0 aliphatic carbocycles. The van der Waals surface area contributed by atoms with Gasteiger partial charge in [-0.1, -0.05) is 54.6 Å². The zero-order valence-corrected chi connectivity index (χ0v) is 16.5. The summed E-state index contributed by atoms with van der Waals surface area (Å²) in [6, 6.07) is 20.7. The van der Waals surface area contributed by atoms with Crippen LogP contribution in [0.2, 0.25) is 0 Å². The van der Waals surface area contributed by atoms with Crippen LogP contribution < -0.4 is 10.6 Å². The molecule has 2 aromatic carbocycles. The van der Waals surface area contributed by atoms with E-state index < -0.39 is 0 Å². The molecule has 0 saturated carbocycles. The highest BCUT2D eigenvalue weighted by atomic mass is 16.2. The second kappa shape index (κ2) is 7.20. The van der Waals surface area contributed by atoms with Gasteiger partial charge < -0.3 is 4.90 Å². The van der Waals surface area contributed by atoms with Crippen LogP contribution in [0.4, 0.5) is 5.82 Å². The Balaban J connectivity index is 1.45. The predicted molar refractivity (Wildman–Crippen MR) is 113 cm³/mol. The minimum absolute atomic E-state index is 0.128. The Labute approximate surface area is 169 Å². The van der Waals surface area contributed by atoms with Crippen LogP contribution in [0.1, 0.15) is 22.4 Å². The molecule has 4 aromatic rings. The van der Waals surface area contributed by atoms with Gasteiger partial charge in [0.05, 0.1) is 6.54 Å². The summed E-state index contributed by atoms with van der Waals surface area (Å²) in [5.74, 6) is 1.35. The highest BCUT2D eigenvalue weighted by Gasteiger charge is 2.19. The van der Waals surface area contributed by atoms with Crippen LogP contribution in [0.25, 0.3) is 5.78 Å². The van der Waals surface area contributed by atoms with Crippen molar-refractivity contribution in [1.82, 2.24) is 19.2 Å². The van der Waals surface area contributed by atoms with Gasteiger partial charge in [-0.05, 0) is 36.5 Å². The molecule has 1 aliphatic rings. The van der Waals surface area contributed by atoms with Crippen molar-refractivity contribution < 1.29 is 0 Å². The Hall–Kier alpha value is -3.41. The number of hydrogen-bond donors (Lipinski definition) is 0.